The molecule has 0 aromatic carbocycles. The maximum absolute atomic E-state index is 13.6. The van der Waals surface area contributed by atoms with Crippen molar-refractivity contribution in [2.45, 2.75) is 64.4 Å². The first kappa shape index (κ1) is 22.3. The third-order valence-corrected chi connectivity index (χ3v) is 5.31. The molecule has 150 valence electrons. The normalized spacial score (nSPS) is 23.2. The Labute approximate surface area is 155 Å². The summed E-state index contributed by atoms with van der Waals surface area (Å²) in [5.74, 6) is -0.331. The van der Waals surface area contributed by atoms with Gasteiger partial charge in [-0.25, -0.2) is 4.39 Å². The number of carbonyl (C=O) groups is 3. The molecule has 26 heavy (non-hydrogen) atoms. The van der Waals surface area contributed by atoms with Crippen molar-refractivity contribution in [1.29, 1.82) is 0 Å². The minimum atomic E-state index is -0.987. The first-order valence-electron chi connectivity index (χ1n) is 9.15. The second-order valence-electron chi connectivity index (χ2n) is 7.09. The smallest absolute Gasteiger partial charge is 0.242 e. The van der Waals surface area contributed by atoms with E-state index in [1.165, 1.54) is 12.0 Å². The van der Waals surface area contributed by atoms with Crippen LogP contribution < -0.4 is 5.32 Å². The molecule has 0 aliphatic carbocycles. The van der Waals surface area contributed by atoms with E-state index in [9.17, 15) is 18.8 Å². The van der Waals surface area contributed by atoms with E-state index in [2.05, 4.69) is 5.32 Å². The van der Waals surface area contributed by atoms with Crippen molar-refractivity contribution >= 4 is 18.2 Å². The van der Waals surface area contributed by atoms with E-state index in [-0.39, 0.29) is 49.3 Å². The van der Waals surface area contributed by atoms with Crippen LogP contribution in [0.4, 0.5) is 4.39 Å². The van der Waals surface area contributed by atoms with E-state index in [4.69, 9.17) is 4.74 Å². The second-order valence-corrected chi connectivity index (χ2v) is 7.09. The SMILES string of the molecule is CCC(C)C(C(CC(=O)N1CC(F)CC1C)OC)N(C)C(=O)CNC=O. The predicted octanol–water partition coefficient (Wildman–Crippen LogP) is 0.970. The maximum atomic E-state index is 13.6. The number of carbonyl (C=O) groups excluding carboxylic acids is 3. The van der Waals surface area contributed by atoms with Gasteiger partial charge in [-0.1, -0.05) is 20.3 Å². The number of amides is 3. The second kappa shape index (κ2) is 10.4. The van der Waals surface area contributed by atoms with Gasteiger partial charge in [0, 0.05) is 26.6 Å². The fourth-order valence-corrected chi connectivity index (χ4v) is 3.60. The summed E-state index contributed by atoms with van der Waals surface area (Å²) in [6.45, 7) is 5.84. The molecule has 1 saturated heterocycles. The van der Waals surface area contributed by atoms with E-state index in [1.807, 2.05) is 20.8 Å². The number of ether oxygens (including phenoxy) is 1. The van der Waals surface area contributed by atoms with Crippen molar-refractivity contribution in [3.8, 4) is 0 Å². The molecule has 5 atom stereocenters. The topological polar surface area (TPSA) is 79.0 Å². The van der Waals surface area contributed by atoms with Gasteiger partial charge in [-0.05, 0) is 12.8 Å². The van der Waals surface area contributed by atoms with Crippen LogP contribution in [0.15, 0.2) is 0 Å². The molecule has 1 fully saturated rings. The summed E-state index contributed by atoms with van der Waals surface area (Å²) in [6, 6.07) is -0.456. The number of nitrogens with one attached hydrogen (secondary N) is 1. The van der Waals surface area contributed by atoms with Gasteiger partial charge in [0.15, 0.2) is 0 Å². The average Bonchev–Trinajstić information content (AvgIpc) is 2.96. The summed E-state index contributed by atoms with van der Waals surface area (Å²) < 4.78 is 19.2. The van der Waals surface area contributed by atoms with E-state index < -0.39 is 12.3 Å². The third kappa shape index (κ3) is 5.65. The number of halogens is 1. The molecule has 0 spiro atoms. The van der Waals surface area contributed by atoms with Gasteiger partial charge in [-0.3, -0.25) is 14.4 Å². The van der Waals surface area contributed by atoms with Crippen molar-refractivity contribution in [3.05, 3.63) is 0 Å². The van der Waals surface area contributed by atoms with E-state index in [0.29, 0.717) is 12.8 Å². The van der Waals surface area contributed by atoms with E-state index in [1.54, 1.807) is 11.9 Å². The molecular weight excluding hydrogens is 341 g/mol. The molecule has 1 aliphatic rings. The molecule has 0 radical (unpaired) electrons. The first-order valence-corrected chi connectivity index (χ1v) is 9.15. The zero-order valence-electron chi connectivity index (χ0n) is 16.4. The number of methoxy groups -OCH3 is 1. The molecule has 0 aromatic rings. The molecule has 1 aliphatic heterocycles. The van der Waals surface area contributed by atoms with Gasteiger partial charge >= 0.3 is 0 Å². The summed E-state index contributed by atoms with van der Waals surface area (Å²) in [4.78, 5) is 38.5. The van der Waals surface area contributed by atoms with Crippen LogP contribution in [0.25, 0.3) is 0 Å². The van der Waals surface area contributed by atoms with Gasteiger partial charge in [0.2, 0.25) is 18.2 Å². The number of likely N-dealkylation sites (N-methyl/N-ethyl adjacent to an activating group) is 1. The maximum Gasteiger partial charge on any atom is 0.242 e. The summed E-state index contributed by atoms with van der Waals surface area (Å²) in [7, 11) is 3.17. The van der Waals surface area contributed by atoms with Gasteiger partial charge in [-0.15, -0.1) is 0 Å². The fraction of sp³-hybridized carbons (Fsp3) is 0.833. The van der Waals surface area contributed by atoms with Crippen LogP contribution in [0.2, 0.25) is 0 Å². The molecule has 1 heterocycles. The molecule has 8 heteroatoms. The minimum Gasteiger partial charge on any atom is -0.379 e. The number of alkyl halides is 1. The highest BCUT2D eigenvalue weighted by molar-refractivity contribution is 5.80. The summed E-state index contributed by atoms with van der Waals surface area (Å²) in [5.41, 5.74) is 0. The van der Waals surface area contributed by atoms with Crippen LogP contribution in [-0.2, 0) is 19.1 Å². The Hall–Kier alpha value is -1.70. The molecule has 3 amide bonds. The molecule has 0 aromatic heterocycles. The number of hydrogen-bond donors (Lipinski definition) is 1. The zero-order chi connectivity index (χ0) is 19.9. The Morgan fingerprint density at radius 2 is 2.12 bits per heavy atom. The monoisotopic (exact) mass is 373 g/mol. The highest BCUT2D eigenvalue weighted by Crippen LogP contribution is 2.25. The van der Waals surface area contributed by atoms with Crippen LogP contribution in [0.1, 0.15) is 40.0 Å². The summed E-state index contributed by atoms with van der Waals surface area (Å²) in [5, 5.41) is 2.36. The Bertz CT molecular complexity index is 491. The lowest BCUT2D eigenvalue weighted by atomic mass is 9.90. The lowest BCUT2D eigenvalue weighted by Crippen LogP contribution is -2.52. The highest BCUT2D eigenvalue weighted by atomic mass is 19.1. The van der Waals surface area contributed by atoms with Crippen molar-refractivity contribution in [3.63, 3.8) is 0 Å². The van der Waals surface area contributed by atoms with Crippen molar-refractivity contribution in [2.75, 3.05) is 27.2 Å². The number of likely N-dealkylation sites (tertiary alicyclic amines) is 1. The molecule has 1 N–H and O–H groups in total. The van der Waals surface area contributed by atoms with Crippen LogP contribution >= 0.6 is 0 Å². The number of hydrogen-bond acceptors (Lipinski definition) is 4. The minimum absolute atomic E-state index is 0.0846. The lowest BCUT2D eigenvalue weighted by molar-refractivity contribution is -0.142. The molecule has 1 rings (SSSR count). The van der Waals surface area contributed by atoms with Crippen molar-refractivity contribution < 1.29 is 23.5 Å². The molecule has 5 unspecified atom stereocenters. The van der Waals surface area contributed by atoms with Gasteiger partial charge in [0.25, 0.3) is 0 Å². The van der Waals surface area contributed by atoms with Crippen LogP contribution in [0, 0.1) is 5.92 Å². The van der Waals surface area contributed by atoms with E-state index >= 15 is 0 Å². The largest absolute Gasteiger partial charge is 0.379 e. The highest BCUT2D eigenvalue weighted by Gasteiger charge is 2.37. The third-order valence-electron chi connectivity index (χ3n) is 5.31. The fourth-order valence-electron chi connectivity index (χ4n) is 3.60. The molecular formula is C18H32FN3O4. The van der Waals surface area contributed by atoms with Gasteiger partial charge in [0.05, 0.1) is 31.7 Å². The predicted molar refractivity (Wildman–Crippen MR) is 96.2 cm³/mol. The van der Waals surface area contributed by atoms with Crippen LogP contribution in [-0.4, -0.2) is 79.6 Å². The molecule has 0 bridgehead atoms. The van der Waals surface area contributed by atoms with Crippen LogP contribution in [0.3, 0.4) is 0 Å². The molecule has 7 nitrogen and oxygen atoms in total. The van der Waals surface area contributed by atoms with Gasteiger partial charge in [0.1, 0.15) is 6.17 Å². The van der Waals surface area contributed by atoms with Crippen LogP contribution in [0.5, 0.6) is 0 Å². The Kier molecular flexibility index (Phi) is 8.98. The van der Waals surface area contributed by atoms with Crippen molar-refractivity contribution in [1.82, 2.24) is 15.1 Å². The number of nitrogens with zero attached hydrogens (tertiary/aromatic N) is 2. The Balaban J connectivity index is 2.89. The molecule has 0 saturated carbocycles. The average molecular weight is 373 g/mol. The lowest BCUT2D eigenvalue weighted by Gasteiger charge is -2.38. The zero-order valence-corrected chi connectivity index (χ0v) is 16.4. The van der Waals surface area contributed by atoms with Crippen molar-refractivity contribution in [2.24, 2.45) is 5.92 Å². The van der Waals surface area contributed by atoms with Gasteiger partial charge < -0.3 is 19.9 Å². The Morgan fingerprint density at radius 3 is 2.58 bits per heavy atom. The summed E-state index contributed by atoms with van der Waals surface area (Å²) >= 11 is 0. The van der Waals surface area contributed by atoms with Gasteiger partial charge in [-0.2, -0.15) is 0 Å². The Morgan fingerprint density at radius 1 is 1.46 bits per heavy atom. The van der Waals surface area contributed by atoms with E-state index in [0.717, 1.165) is 6.42 Å². The first-order chi connectivity index (χ1) is 12.3. The standard InChI is InChI=1S/C18H32FN3O4/c1-6-12(2)18(21(4)17(25)9-20-11-23)15(26-5)8-16(24)22-10-14(19)7-13(22)3/h11-15,18H,6-10H2,1-5H3,(H,20,23). The summed E-state index contributed by atoms with van der Waals surface area (Å²) in [6.07, 6.45) is 0.218. The quantitative estimate of drug-likeness (QED) is 0.579. The number of rotatable bonds is 10.